The van der Waals surface area contributed by atoms with Crippen LogP contribution in [0.3, 0.4) is 0 Å². The Bertz CT molecular complexity index is 572. The van der Waals surface area contributed by atoms with Gasteiger partial charge in [0.1, 0.15) is 23.0 Å². The smallest absolute Gasteiger partial charge is 0.308 e. The van der Waals surface area contributed by atoms with Crippen LogP contribution >= 0.6 is 17.9 Å². The standard InChI is InChI=1S/C15H16ClO4P/c1-17-12-4-8-14(9-5-12)19-21(3,16)20-15-10-6-13(18-2)7-11-15/h4-11H,3H2,1-2H3. The first-order valence-electron chi connectivity index (χ1n) is 6.13. The van der Waals surface area contributed by atoms with Crippen molar-refractivity contribution in [2.75, 3.05) is 14.2 Å². The SMILES string of the molecule is C=P(Cl)(Oc1ccc(OC)cc1)Oc1ccc(OC)cc1. The van der Waals surface area contributed by atoms with Crippen LogP contribution in [-0.4, -0.2) is 20.5 Å². The molecule has 0 saturated carbocycles. The zero-order valence-corrected chi connectivity index (χ0v) is 13.4. The van der Waals surface area contributed by atoms with Gasteiger partial charge in [-0.05, 0) is 66.1 Å². The molecule has 0 radical (unpaired) electrons. The molecule has 2 rings (SSSR count). The number of halogens is 1. The van der Waals surface area contributed by atoms with Gasteiger partial charge in [-0.3, -0.25) is 0 Å². The molecule has 0 aliphatic carbocycles. The van der Waals surface area contributed by atoms with Crippen LogP contribution in [0.25, 0.3) is 0 Å². The number of hydrogen-bond donors (Lipinski definition) is 0. The second-order valence-corrected chi connectivity index (χ2v) is 7.21. The van der Waals surface area contributed by atoms with Crippen LogP contribution in [0.5, 0.6) is 23.0 Å². The Morgan fingerprint density at radius 1 is 0.714 bits per heavy atom. The van der Waals surface area contributed by atoms with E-state index in [-0.39, 0.29) is 0 Å². The quantitative estimate of drug-likeness (QED) is 0.727. The number of benzene rings is 2. The Hall–Kier alpha value is -1.77. The van der Waals surface area contributed by atoms with E-state index in [1.54, 1.807) is 62.8 Å². The van der Waals surface area contributed by atoms with Crippen molar-refractivity contribution < 1.29 is 18.5 Å². The summed E-state index contributed by atoms with van der Waals surface area (Å²) in [6, 6.07) is 14.1. The number of hydrogen-bond acceptors (Lipinski definition) is 4. The largest absolute Gasteiger partial charge is 0.497 e. The molecule has 0 heterocycles. The predicted octanol–water partition coefficient (Wildman–Crippen LogP) is 4.60. The molecule has 21 heavy (non-hydrogen) atoms. The third-order valence-corrected chi connectivity index (χ3v) is 3.98. The van der Waals surface area contributed by atoms with E-state index in [2.05, 4.69) is 6.30 Å². The van der Waals surface area contributed by atoms with Crippen LogP contribution in [0.15, 0.2) is 48.5 Å². The van der Waals surface area contributed by atoms with Gasteiger partial charge in [-0.15, -0.1) is 0 Å². The number of rotatable bonds is 6. The third-order valence-electron chi connectivity index (χ3n) is 2.60. The highest BCUT2D eigenvalue weighted by Crippen LogP contribution is 2.52. The molecule has 0 spiro atoms. The second-order valence-electron chi connectivity index (χ2n) is 4.12. The normalized spacial score (nSPS) is 10.8. The Morgan fingerprint density at radius 2 is 1.00 bits per heavy atom. The molecule has 0 atom stereocenters. The zero-order valence-electron chi connectivity index (χ0n) is 11.8. The molecule has 0 aromatic heterocycles. The van der Waals surface area contributed by atoms with Gasteiger partial charge in [-0.1, -0.05) is 0 Å². The van der Waals surface area contributed by atoms with Gasteiger partial charge in [0, 0.05) is 0 Å². The lowest BCUT2D eigenvalue weighted by atomic mass is 10.3. The van der Waals surface area contributed by atoms with Crippen molar-refractivity contribution in [1.29, 1.82) is 0 Å². The highest BCUT2D eigenvalue weighted by molar-refractivity contribution is 7.89. The fraction of sp³-hybridized carbons (Fsp3) is 0.133. The zero-order chi connectivity index (χ0) is 15.3. The summed E-state index contributed by atoms with van der Waals surface area (Å²) < 4.78 is 21.4. The summed E-state index contributed by atoms with van der Waals surface area (Å²) in [6.45, 7) is -2.79. The molecule has 2 aromatic rings. The van der Waals surface area contributed by atoms with Gasteiger partial charge >= 0.3 is 6.69 Å². The van der Waals surface area contributed by atoms with Gasteiger partial charge in [0.25, 0.3) is 0 Å². The van der Waals surface area contributed by atoms with E-state index in [1.807, 2.05) is 0 Å². The second kappa shape index (κ2) is 6.79. The number of methoxy groups -OCH3 is 2. The van der Waals surface area contributed by atoms with Crippen LogP contribution in [0.2, 0.25) is 0 Å². The van der Waals surface area contributed by atoms with Crippen molar-refractivity contribution in [3.05, 3.63) is 48.5 Å². The van der Waals surface area contributed by atoms with E-state index >= 15 is 0 Å². The first-order chi connectivity index (χ1) is 10.0. The average molecular weight is 327 g/mol. The highest BCUT2D eigenvalue weighted by atomic mass is 35.7. The van der Waals surface area contributed by atoms with Crippen LogP contribution in [0.4, 0.5) is 0 Å². The molecule has 0 aliphatic rings. The van der Waals surface area contributed by atoms with Gasteiger partial charge in [0.2, 0.25) is 0 Å². The third kappa shape index (κ3) is 4.62. The Balaban J connectivity index is 2.04. The maximum atomic E-state index is 6.25. The molecule has 112 valence electrons. The molecule has 0 aliphatic heterocycles. The van der Waals surface area contributed by atoms with Gasteiger partial charge in [-0.25, -0.2) is 0 Å². The fourth-order valence-corrected chi connectivity index (χ4v) is 3.00. The first kappa shape index (κ1) is 15.6. The van der Waals surface area contributed by atoms with E-state index in [1.165, 1.54) is 0 Å². The monoisotopic (exact) mass is 326 g/mol. The molecule has 0 N–H and O–H groups in total. The Kier molecular flexibility index (Phi) is 5.05. The summed E-state index contributed by atoms with van der Waals surface area (Å²) in [7, 11) is 3.20. The molecular weight excluding hydrogens is 311 g/mol. The van der Waals surface area contributed by atoms with Crippen molar-refractivity contribution in [1.82, 2.24) is 0 Å². The van der Waals surface area contributed by atoms with Crippen molar-refractivity contribution in [3.63, 3.8) is 0 Å². The van der Waals surface area contributed by atoms with E-state index < -0.39 is 6.69 Å². The molecule has 0 saturated heterocycles. The van der Waals surface area contributed by atoms with Crippen LogP contribution < -0.4 is 18.5 Å². The van der Waals surface area contributed by atoms with E-state index in [4.69, 9.17) is 29.8 Å². The Morgan fingerprint density at radius 3 is 1.29 bits per heavy atom. The fourth-order valence-electron chi connectivity index (χ4n) is 1.61. The molecule has 0 fully saturated rings. The summed E-state index contributed by atoms with van der Waals surface area (Å²) in [5, 5.41) is 0. The summed E-state index contributed by atoms with van der Waals surface area (Å²) in [6.07, 6.45) is 3.82. The minimum atomic E-state index is -2.79. The lowest BCUT2D eigenvalue weighted by Crippen LogP contribution is -1.96. The van der Waals surface area contributed by atoms with Crippen LogP contribution in [0.1, 0.15) is 0 Å². The highest BCUT2D eigenvalue weighted by Gasteiger charge is 2.15. The molecule has 0 unspecified atom stereocenters. The minimum Gasteiger partial charge on any atom is -0.497 e. The summed E-state index contributed by atoms with van der Waals surface area (Å²) in [5.41, 5.74) is 0. The molecular formula is C15H16ClO4P. The maximum absolute atomic E-state index is 6.25. The van der Waals surface area contributed by atoms with Gasteiger partial charge in [-0.2, -0.15) is 0 Å². The lowest BCUT2D eigenvalue weighted by molar-refractivity contribution is 0.413. The molecule has 4 nitrogen and oxygen atoms in total. The Labute approximate surface area is 129 Å². The summed E-state index contributed by atoms with van der Waals surface area (Å²) >= 11 is 6.25. The van der Waals surface area contributed by atoms with Gasteiger partial charge in [0.15, 0.2) is 0 Å². The lowest BCUT2D eigenvalue weighted by Gasteiger charge is -2.19. The topological polar surface area (TPSA) is 36.9 Å². The molecule has 0 bridgehead atoms. The van der Waals surface area contributed by atoms with Crippen molar-refractivity contribution in [2.45, 2.75) is 0 Å². The van der Waals surface area contributed by atoms with Crippen LogP contribution in [-0.2, 0) is 0 Å². The van der Waals surface area contributed by atoms with Crippen molar-refractivity contribution in [3.8, 4) is 23.0 Å². The molecule has 2 aromatic carbocycles. The van der Waals surface area contributed by atoms with Crippen LogP contribution in [0, 0.1) is 0 Å². The summed E-state index contributed by atoms with van der Waals surface area (Å²) in [4.78, 5) is 0. The average Bonchev–Trinajstić information content (AvgIpc) is 2.48. The molecule has 0 amide bonds. The van der Waals surface area contributed by atoms with Crippen molar-refractivity contribution in [2.24, 2.45) is 0 Å². The van der Waals surface area contributed by atoms with E-state index in [0.717, 1.165) is 11.5 Å². The minimum absolute atomic E-state index is 0.572. The number of ether oxygens (including phenoxy) is 2. The van der Waals surface area contributed by atoms with E-state index in [9.17, 15) is 0 Å². The first-order valence-corrected chi connectivity index (χ1v) is 8.84. The predicted molar refractivity (Wildman–Crippen MR) is 87.1 cm³/mol. The van der Waals surface area contributed by atoms with Gasteiger partial charge in [0.05, 0.1) is 14.2 Å². The summed E-state index contributed by atoms with van der Waals surface area (Å²) in [5.74, 6) is 2.62. The molecule has 6 heteroatoms. The van der Waals surface area contributed by atoms with Crippen molar-refractivity contribution >= 4 is 24.2 Å². The van der Waals surface area contributed by atoms with Gasteiger partial charge < -0.3 is 18.5 Å². The van der Waals surface area contributed by atoms with E-state index in [0.29, 0.717) is 11.5 Å². The maximum Gasteiger partial charge on any atom is 0.308 e.